The Hall–Kier alpha value is -1.20. The molecule has 0 aliphatic heterocycles. The summed E-state index contributed by atoms with van der Waals surface area (Å²) >= 11 is 0. The van der Waals surface area contributed by atoms with Crippen LogP contribution in [0.4, 0.5) is 0 Å². The summed E-state index contributed by atoms with van der Waals surface area (Å²) in [6.45, 7) is 2.24. The largest absolute Gasteiger partial charge is 0.480 e. The molecule has 0 aliphatic carbocycles. The van der Waals surface area contributed by atoms with Gasteiger partial charge in [-0.25, -0.2) is 4.98 Å². The van der Waals surface area contributed by atoms with E-state index in [1.807, 2.05) is 0 Å². The van der Waals surface area contributed by atoms with Crippen molar-refractivity contribution < 1.29 is 4.74 Å². The third-order valence-corrected chi connectivity index (χ3v) is 3.51. The van der Waals surface area contributed by atoms with E-state index in [2.05, 4.69) is 22.3 Å². The minimum atomic E-state index is 0.00860. The molecule has 0 radical (unpaired) electrons. The molecule has 0 fully saturated rings. The van der Waals surface area contributed by atoms with Crippen LogP contribution in [0.3, 0.4) is 0 Å². The Bertz CT molecular complexity index is 359. The normalized spacial score (nSPS) is 12.3. The first-order valence-electron chi connectivity index (χ1n) is 7.64. The lowest BCUT2D eigenvalue weighted by Gasteiger charge is -2.16. The van der Waals surface area contributed by atoms with Crippen molar-refractivity contribution in [3.63, 3.8) is 0 Å². The van der Waals surface area contributed by atoms with Crippen LogP contribution < -0.4 is 16.0 Å². The number of hydrazine groups is 1. The number of methoxy groups -OCH3 is 1. The highest BCUT2D eigenvalue weighted by atomic mass is 16.5. The Morgan fingerprint density at radius 3 is 2.40 bits per heavy atom. The molecule has 1 aromatic heterocycles. The summed E-state index contributed by atoms with van der Waals surface area (Å²) in [7, 11) is 1.61. The van der Waals surface area contributed by atoms with E-state index in [1.54, 1.807) is 19.5 Å². The molecule has 0 saturated carbocycles. The van der Waals surface area contributed by atoms with Crippen LogP contribution in [0.1, 0.15) is 70.0 Å². The maximum atomic E-state index is 5.64. The average Bonchev–Trinajstić information content (AvgIpc) is 2.50. The average molecular weight is 280 g/mol. The second kappa shape index (κ2) is 10.6. The first-order valence-corrected chi connectivity index (χ1v) is 7.64. The zero-order valence-electron chi connectivity index (χ0n) is 12.8. The van der Waals surface area contributed by atoms with Gasteiger partial charge in [0, 0.05) is 12.4 Å². The quantitative estimate of drug-likeness (QED) is 0.370. The Morgan fingerprint density at radius 2 is 1.75 bits per heavy atom. The fourth-order valence-corrected chi connectivity index (χ4v) is 2.34. The third-order valence-electron chi connectivity index (χ3n) is 3.51. The van der Waals surface area contributed by atoms with Gasteiger partial charge in [-0.05, 0) is 6.42 Å². The third kappa shape index (κ3) is 5.84. The van der Waals surface area contributed by atoms with Crippen molar-refractivity contribution in [3.05, 3.63) is 18.1 Å². The van der Waals surface area contributed by atoms with Crippen molar-refractivity contribution in [2.24, 2.45) is 5.84 Å². The van der Waals surface area contributed by atoms with E-state index in [0.717, 1.165) is 18.5 Å². The fourth-order valence-electron chi connectivity index (χ4n) is 2.34. The molecule has 1 atom stereocenters. The van der Waals surface area contributed by atoms with Crippen molar-refractivity contribution in [2.75, 3.05) is 7.11 Å². The number of aromatic nitrogens is 2. The number of hydrogen-bond acceptors (Lipinski definition) is 5. The molecule has 1 aromatic rings. The molecule has 114 valence electrons. The Morgan fingerprint density at radius 1 is 1.10 bits per heavy atom. The highest BCUT2D eigenvalue weighted by Gasteiger charge is 2.16. The molecule has 0 spiro atoms. The van der Waals surface area contributed by atoms with Crippen LogP contribution in [0.15, 0.2) is 12.4 Å². The molecular weight excluding hydrogens is 252 g/mol. The minimum absolute atomic E-state index is 0.00860. The second-order valence-corrected chi connectivity index (χ2v) is 5.08. The predicted octanol–water partition coefficient (Wildman–Crippen LogP) is 3.13. The Kier molecular flexibility index (Phi) is 8.91. The molecule has 0 bridgehead atoms. The lowest BCUT2D eigenvalue weighted by molar-refractivity contribution is 0.371. The lowest BCUT2D eigenvalue weighted by Crippen LogP contribution is -2.29. The molecule has 0 saturated heterocycles. The van der Waals surface area contributed by atoms with Gasteiger partial charge >= 0.3 is 0 Å². The van der Waals surface area contributed by atoms with Gasteiger partial charge < -0.3 is 4.74 Å². The van der Waals surface area contributed by atoms with Crippen LogP contribution >= 0.6 is 0 Å². The molecule has 20 heavy (non-hydrogen) atoms. The van der Waals surface area contributed by atoms with E-state index in [0.29, 0.717) is 5.88 Å². The van der Waals surface area contributed by atoms with E-state index in [9.17, 15) is 0 Å². The second-order valence-electron chi connectivity index (χ2n) is 5.08. The smallest absolute Gasteiger partial charge is 0.237 e. The van der Waals surface area contributed by atoms with Gasteiger partial charge in [0.25, 0.3) is 0 Å². The zero-order valence-corrected chi connectivity index (χ0v) is 12.8. The Balaban J connectivity index is 2.32. The van der Waals surface area contributed by atoms with Gasteiger partial charge in [-0.1, -0.05) is 51.9 Å². The summed E-state index contributed by atoms with van der Waals surface area (Å²) < 4.78 is 5.23. The maximum absolute atomic E-state index is 5.64. The fraction of sp³-hybridized carbons (Fsp3) is 0.733. The monoisotopic (exact) mass is 280 g/mol. The number of nitrogens with one attached hydrogen (secondary N) is 1. The van der Waals surface area contributed by atoms with E-state index in [4.69, 9.17) is 10.6 Å². The van der Waals surface area contributed by atoms with Crippen molar-refractivity contribution in [3.8, 4) is 5.88 Å². The summed E-state index contributed by atoms with van der Waals surface area (Å²) in [5.41, 5.74) is 3.62. The predicted molar refractivity (Wildman–Crippen MR) is 81.3 cm³/mol. The number of unbranched alkanes of at least 4 members (excludes halogenated alkanes) is 6. The van der Waals surface area contributed by atoms with Crippen molar-refractivity contribution in [1.82, 2.24) is 15.4 Å². The standard InChI is InChI=1S/C15H28N4O/c1-3-4-5-6-7-8-9-10-13(19-16)14-15(20-2)18-12-11-17-14/h11-13,19H,3-10,16H2,1-2H3. The molecular formula is C15H28N4O. The van der Waals surface area contributed by atoms with Gasteiger partial charge in [0.05, 0.1) is 13.2 Å². The molecule has 3 N–H and O–H groups in total. The summed E-state index contributed by atoms with van der Waals surface area (Å²) in [6, 6.07) is 0.00860. The maximum Gasteiger partial charge on any atom is 0.237 e. The zero-order chi connectivity index (χ0) is 14.6. The van der Waals surface area contributed by atoms with Crippen molar-refractivity contribution in [1.29, 1.82) is 0 Å². The number of hydrogen-bond donors (Lipinski definition) is 2. The van der Waals surface area contributed by atoms with Crippen LogP contribution in [-0.4, -0.2) is 17.1 Å². The van der Waals surface area contributed by atoms with Gasteiger partial charge in [0.15, 0.2) is 0 Å². The van der Waals surface area contributed by atoms with Gasteiger partial charge in [-0.15, -0.1) is 0 Å². The Labute approximate surface area is 122 Å². The van der Waals surface area contributed by atoms with Gasteiger partial charge in [0.1, 0.15) is 5.69 Å². The highest BCUT2D eigenvalue weighted by Crippen LogP contribution is 2.24. The van der Waals surface area contributed by atoms with E-state index < -0.39 is 0 Å². The highest BCUT2D eigenvalue weighted by molar-refractivity contribution is 5.20. The first-order chi connectivity index (χ1) is 9.83. The summed E-state index contributed by atoms with van der Waals surface area (Å²) in [5.74, 6) is 6.19. The van der Waals surface area contributed by atoms with Crippen LogP contribution in [-0.2, 0) is 0 Å². The van der Waals surface area contributed by atoms with Gasteiger partial charge in [-0.3, -0.25) is 16.3 Å². The van der Waals surface area contributed by atoms with Crippen LogP contribution in [0.5, 0.6) is 5.88 Å². The van der Waals surface area contributed by atoms with Crippen molar-refractivity contribution >= 4 is 0 Å². The molecule has 0 aromatic carbocycles. The molecule has 5 heteroatoms. The van der Waals surface area contributed by atoms with Gasteiger partial charge in [-0.2, -0.15) is 0 Å². The van der Waals surface area contributed by atoms with E-state index in [1.165, 1.54) is 38.5 Å². The molecule has 1 unspecified atom stereocenters. The number of nitrogens with zero attached hydrogens (tertiary/aromatic N) is 2. The molecule has 0 amide bonds. The summed E-state index contributed by atoms with van der Waals surface area (Å²) in [5, 5.41) is 0. The summed E-state index contributed by atoms with van der Waals surface area (Å²) in [6.07, 6.45) is 13.3. The number of ether oxygens (including phenoxy) is 1. The van der Waals surface area contributed by atoms with Crippen molar-refractivity contribution in [2.45, 2.75) is 64.3 Å². The van der Waals surface area contributed by atoms with Crippen LogP contribution in [0.2, 0.25) is 0 Å². The summed E-state index contributed by atoms with van der Waals surface area (Å²) in [4.78, 5) is 8.49. The van der Waals surface area contributed by atoms with Crippen LogP contribution in [0, 0.1) is 0 Å². The van der Waals surface area contributed by atoms with E-state index in [-0.39, 0.29) is 6.04 Å². The first kappa shape index (κ1) is 16.9. The number of rotatable bonds is 11. The SMILES string of the molecule is CCCCCCCCCC(NN)c1nccnc1OC. The van der Waals surface area contributed by atoms with E-state index >= 15 is 0 Å². The lowest BCUT2D eigenvalue weighted by atomic mass is 10.0. The van der Waals surface area contributed by atoms with Gasteiger partial charge in [0.2, 0.25) is 5.88 Å². The molecule has 1 rings (SSSR count). The molecule has 1 heterocycles. The molecule has 5 nitrogen and oxygen atoms in total. The molecule has 0 aliphatic rings. The topological polar surface area (TPSA) is 73.1 Å². The van der Waals surface area contributed by atoms with Crippen LogP contribution in [0.25, 0.3) is 0 Å². The minimum Gasteiger partial charge on any atom is -0.480 e. The number of nitrogens with two attached hydrogens (primary N) is 1.